The van der Waals surface area contributed by atoms with E-state index in [1.54, 1.807) is 0 Å². The fourth-order valence-electron chi connectivity index (χ4n) is 2.44. The van der Waals surface area contributed by atoms with Crippen LogP contribution in [-0.4, -0.2) is 59.9 Å². The molecular formula is C16H32N2O3. The monoisotopic (exact) mass is 300 g/mol. The zero-order valence-corrected chi connectivity index (χ0v) is 14.0. The molecule has 124 valence electrons. The van der Waals surface area contributed by atoms with Crippen LogP contribution in [0.5, 0.6) is 0 Å². The topological polar surface area (TPSA) is 61.8 Å². The molecule has 1 atom stereocenters. The van der Waals surface area contributed by atoms with Gasteiger partial charge in [-0.1, -0.05) is 6.92 Å². The lowest BCUT2D eigenvalue weighted by Gasteiger charge is -2.36. The van der Waals surface area contributed by atoms with Gasteiger partial charge in [-0.05, 0) is 46.5 Å². The van der Waals surface area contributed by atoms with Gasteiger partial charge in [0, 0.05) is 31.8 Å². The number of piperidine rings is 1. The number of carbonyl (C=O) groups excluding carboxylic acids is 1. The summed E-state index contributed by atoms with van der Waals surface area (Å²) in [5, 5.41) is 11.9. The van der Waals surface area contributed by atoms with Crippen molar-refractivity contribution in [2.24, 2.45) is 0 Å². The van der Waals surface area contributed by atoms with Crippen molar-refractivity contribution >= 4 is 5.91 Å². The lowest BCUT2D eigenvalue weighted by Crippen LogP contribution is -2.53. The third-order valence-electron chi connectivity index (χ3n) is 4.41. The number of nitrogens with one attached hydrogen (secondary N) is 1. The van der Waals surface area contributed by atoms with Crippen LogP contribution in [0.15, 0.2) is 0 Å². The first kappa shape index (κ1) is 18.4. The molecule has 0 aromatic rings. The fraction of sp³-hybridized carbons (Fsp3) is 0.938. The van der Waals surface area contributed by atoms with Crippen LogP contribution in [0.4, 0.5) is 0 Å². The van der Waals surface area contributed by atoms with Gasteiger partial charge >= 0.3 is 0 Å². The summed E-state index contributed by atoms with van der Waals surface area (Å²) >= 11 is 0. The minimum absolute atomic E-state index is 0.0887. The summed E-state index contributed by atoms with van der Waals surface area (Å²) in [4.78, 5) is 14.5. The van der Waals surface area contributed by atoms with Gasteiger partial charge in [0.15, 0.2) is 0 Å². The predicted molar refractivity (Wildman–Crippen MR) is 84.2 cm³/mol. The molecule has 1 fully saturated rings. The number of ether oxygens (including phenoxy) is 1. The Morgan fingerprint density at radius 1 is 1.43 bits per heavy atom. The first-order valence-corrected chi connectivity index (χ1v) is 8.18. The Kier molecular flexibility index (Phi) is 7.63. The van der Waals surface area contributed by atoms with Crippen molar-refractivity contribution in [3.05, 3.63) is 0 Å². The van der Waals surface area contributed by atoms with Crippen molar-refractivity contribution in [1.82, 2.24) is 10.2 Å². The smallest absolute Gasteiger partial charge is 0.237 e. The molecule has 0 aromatic carbocycles. The molecule has 5 nitrogen and oxygen atoms in total. The lowest BCUT2D eigenvalue weighted by atomic mass is 10.0. The summed E-state index contributed by atoms with van der Waals surface area (Å²) in [6.45, 7) is 10.8. The maximum absolute atomic E-state index is 12.3. The largest absolute Gasteiger partial charge is 0.396 e. The maximum Gasteiger partial charge on any atom is 0.237 e. The van der Waals surface area contributed by atoms with Crippen LogP contribution in [0.3, 0.4) is 0 Å². The third kappa shape index (κ3) is 6.32. The van der Waals surface area contributed by atoms with Crippen LogP contribution < -0.4 is 5.32 Å². The molecule has 1 aliphatic heterocycles. The number of nitrogens with zero attached hydrogens (tertiary/aromatic N) is 1. The SMILES string of the molecule is CCC(C)(C)NC(=O)C(C)N1CCC(OCCCO)CC1. The molecule has 0 radical (unpaired) electrons. The van der Waals surface area contributed by atoms with E-state index in [9.17, 15) is 4.79 Å². The zero-order chi connectivity index (χ0) is 15.9. The second-order valence-corrected chi connectivity index (χ2v) is 6.59. The van der Waals surface area contributed by atoms with Crippen molar-refractivity contribution < 1.29 is 14.6 Å². The molecule has 0 spiro atoms. The number of hydrogen-bond acceptors (Lipinski definition) is 4. The number of rotatable bonds is 8. The molecular weight excluding hydrogens is 268 g/mol. The van der Waals surface area contributed by atoms with E-state index in [1.807, 2.05) is 6.92 Å². The number of likely N-dealkylation sites (tertiary alicyclic amines) is 1. The summed E-state index contributed by atoms with van der Waals surface area (Å²) in [5.74, 6) is 0.112. The summed E-state index contributed by atoms with van der Waals surface area (Å²) in [7, 11) is 0. The molecule has 0 aliphatic carbocycles. The highest BCUT2D eigenvalue weighted by atomic mass is 16.5. The van der Waals surface area contributed by atoms with Crippen molar-refractivity contribution in [1.29, 1.82) is 0 Å². The normalized spacial score (nSPS) is 19.5. The van der Waals surface area contributed by atoms with E-state index in [4.69, 9.17) is 9.84 Å². The third-order valence-corrected chi connectivity index (χ3v) is 4.41. The highest BCUT2D eigenvalue weighted by Gasteiger charge is 2.29. The van der Waals surface area contributed by atoms with Crippen LogP contribution in [-0.2, 0) is 9.53 Å². The predicted octanol–water partition coefficient (Wildman–Crippen LogP) is 1.54. The van der Waals surface area contributed by atoms with Crippen LogP contribution in [0.2, 0.25) is 0 Å². The number of amides is 1. The Morgan fingerprint density at radius 2 is 2.05 bits per heavy atom. The Labute approximate surface area is 129 Å². The van der Waals surface area contributed by atoms with Gasteiger partial charge < -0.3 is 15.2 Å². The standard InChI is InChI=1S/C16H32N2O3/c1-5-16(3,4)17-15(20)13(2)18-9-7-14(8-10-18)21-12-6-11-19/h13-14,19H,5-12H2,1-4H3,(H,17,20). The van der Waals surface area contributed by atoms with Gasteiger partial charge in [0.25, 0.3) is 0 Å². The summed E-state index contributed by atoms with van der Waals surface area (Å²) in [5.41, 5.74) is -0.142. The van der Waals surface area contributed by atoms with E-state index < -0.39 is 0 Å². The van der Waals surface area contributed by atoms with Gasteiger partial charge in [0.2, 0.25) is 5.91 Å². The van der Waals surface area contributed by atoms with Gasteiger partial charge in [-0.25, -0.2) is 0 Å². The molecule has 1 heterocycles. The highest BCUT2D eigenvalue weighted by Crippen LogP contribution is 2.17. The first-order chi connectivity index (χ1) is 9.89. The Hall–Kier alpha value is -0.650. The molecule has 0 saturated carbocycles. The van der Waals surface area contributed by atoms with Crippen molar-refractivity contribution in [2.75, 3.05) is 26.3 Å². The number of aliphatic hydroxyl groups is 1. The van der Waals surface area contributed by atoms with Crippen LogP contribution >= 0.6 is 0 Å². The molecule has 1 aliphatic rings. The average molecular weight is 300 g/mol. The molecule has 1 unspecified atom stereocenters. The van der Waals surface area contributed by atoms with Crippen LogP contribution in [0.25, 0.3) is 0 Å². The summed E-state index contributed by atoms with van der Waals surface area (Å²) in [6.07, 6.45) is 3.81. The quantitative estimate of drug-likeness (QED) is 0.668. The van der Waals surface area contributed by atoms with Crippen molar-refractivity contribution in [3.8, 4) is 0 Å². The molecule has 1 saturated heterocycles. The number of hydrogen-bond donors (Lipinski definition) is 2. The van der Waals surface area contributed by atoms with Crippen molar-refractivity contribution in [3.63, 3.8) is 0 Å². The van der Waals surface area contributed by atoms with Gasteiger partial charge in [0.1, 0.15) is 0 Å². The Bertz CT molecular complexity index is 313. The Balaban J connectivity index is 2.34. The van der Waals surface area contributed by atoms with E-state index in [0.29, 0.717) is 13.0 Å². The van der Waals surface area contributed by atoms with Crippen molar-refractivity contribution in [2.45, 2.75) is 71.1 Å². The minimum atomic E-state index is -0.142. The number of carbonyl (C=O) groups is 1. The van der Waals surface area contributed by atoms with Gasteiger partial charge in [-0.15, -0.1) is 0 Å². The summed E-state index contributed by atoms with van der Waals surface area (Å²) < 4.78 is 5.72. The van der Waals surface area contributed by atoms with E-state index in [0.717, 1.165) is 32.4 Å². The maximum atomic E-state index is 12.3. The second-order valence-electron chi connectivity index (χ2n) is 6.59. The first-order valence-electron chi connectivity index (χ1n) is 8.18. The molecule has 2 N–H and O–H groups in total. The number of aliphatic hydroxyl groups excluding tert-OH is 1. The zero-order valence-electron chi connectivity index (χ0n) is 14.0. The molecule has 5 heteroatoms. The molecule has 1 amide bonds. The van der Waals surface area contributed by atoms with E-state index in [1.165, 1.54) is 0 Å². The second kappa shape index (κ2) is 8.71. The van der Waals surface area contributed by atoms with Gasteiger partial charge in [0.05, 0.1) is 12.1 Å². The highest BCUT2D eigenvalue weighted by molar-refractivity contribution is 5.82. The van der Waals surface area contributed by atoms with Crippen LogP contribution in [0.1, 0.15) is 53.4 Å². The lowest BCUT2D eigenvalue weighted by molar-refractivity contribution is -0.128. The van der Waals surface area contributed by atoms with E-state index >= 15 is 0 Å². The van der Waals surface area contributed by atoms with Gasteiger partial charge in [-0.3, -0.25) is 9.69 Å². The average Bonchev–Trinajstić information content (AvgIpc) is 2.47. The van der Waals surface area contributed by atoms with E-state index in [2.05, 4.69) is 31.0 Å². The molecule has 1 rings (SSSR count). The van der Waals surface area contributed by atoms with E-state index in [-0.39, 0.29) is 30.2 Å². The summed E-state index contributed by atoms with van der Waals surface area (Å²) in [6, 6.07) is -0.0887. The van der Waals surface area contributed by atoms with Crippen LogP contribution in [0, 0.1) is 0 Å². The Morgan fingerprint density at radius 3 is 2.57 bits per heavy atom. The molecule has 21 heavy (non-hydrogen) atoms. The molecule has 0 bridgehead atoms. The van der Waals surface area contributed by atoms with Gasteiger partial charge in [-0.2, -0.15) is 0 Å². The molecule has 0 aromatic heterocycles. The minimum Gasteiger partial charge on any atom is -0.396 e. The fourth-order valence-corrected chi connectivity index (χ4v) is 2.44.